The van der Waals surface area contributed by atoms with Crippen LogP contribution in [0.2, 0.25) is 0 Å². The molecule has 188 valence electrons. The molecule has 5 heterocycles. The number of nitrogens with one attached hydrogen (secondary N) is 1. The van der Waals surface area contributed by atoms with Gasteiger partial charge in [0.2, 0.25) is 0 Å². The first-order valence-corrected chi connectivity index (χ1v) is 13.3. The largest absolute Gasteiger partial charge is 0.390 e. The van der Waals surface area contributed by atoms with Crippen molar-refractivity contribution in [3.05, 3.63) is 22.9 Å². The molecule has 1 atom stereocenters. The summed E-state index contributed by atoms with van der Waals surface area (Å²) >= 11 is 1.38. The summed E-state index contributed by atoms with van der Waals surface area (Å²) in [5.74, 6) is -0.129. The van der Waals surface area contributed by atoms with Crippen LogP contribution in [0.3, 0.4) is 0 Å². The number of rotatable bonds is 3. The number of hydrogen-bond donors (Lipinski definition) is 2. The molecule has 5 rings (SSSR count). The van der Waals surface area contributed by atoms with E-state index in [1.807, 2.05) is 38.7 Å². The second-order valence-corrected chi connectivity index (χ2v) is 11.5. The third-order valence-corrected chi connectivity index (χ3v) is 8.64. The maximum absolute atomic E-state index is 13.5. The number of fused-ring (bicyclic) bond motifs is 1. The van der Waals surface area contributed by atoms with Gasteiger partial charge >= 0.3 is 6.03 Å². The van der Waals surface area contributed by atoms with E-state index >= 15 is 0 Å². The summed E-state index contributed by atoms with van der Waals surface area (Å²) in [4.78, 5) is 50.2. The molecule has 3 N–H and O–H groups in total. The Balaban J connectivity index is 1.28. The van der Waals surface area contributed by atoms with Crippen molar-refractivity contribution in [2.75, 3.05) is 31.9 Å². The van der Waals surface area contributed by atoms with Gasteiger partial charge in [-0.15, -0.1) is 0 Å². The Morgan fingerprint density at radius 2 is 1.94 bits per heavy atom. The maximum Gasteiger partial charge on any atom is 0.325 e. The summed E-state index contributed by atoms with van der Waals surface area (Å²) in [6.07, 6.45) is 3.19. The molecule has 35 heavy (non-hydrogen) atoms. The number of nitrogens with two attached hydrogens (primary N) is 1. The van der Waals surface area contributed by atoms with Crippen LogP contribution in [-0.4, -0.2) is 81.3 Å². The highest BCUT2D eigenvalue weighted by Crippen LogP contribution is 2.37. The Hall–Kier alpha value is -2.72. The van der Waals surface area contributed by atoms with Crippen LogP contribution in [0.25, 0.3) is 10.2 Å². The number of piperidine rings is 2. The minimum absolute atomic E-state index is 0.0260. The predicted octanol–water partition coefficient (Wildman–Crippen LogP) is 2.89. The van der Waals surface area contributed by atoms with Gasteiger partial charge in [0.25, 0.3) is 11.8 Å². The van der Waals surface area contributed by atoms with E-state index in [-0.39, 0.29) is 29.9 Å². The number of pyridine rings is 1. The second-order valence-electron chi connectivity index (χ2n) is 10.5. The number of amides is 4. The lowest BCUT2D eigenvalue weighted by Gasteiger charge is -2.45. The summed E-state index contributed by atoms with van der Waals surface area (Å²) < 4.78 is 0. The van der Waals surface area contributed by atoms with Crippen LogP contribution in [0.4, 0.5) is 9.80 Å². The van der Waals surface area contributed by atoms with Crippen molar-refractivity contribution in [3.63, 3.8) is 0 Å². The number of likely N-dealkylation sites (tertiary alicyclic amines) is 2. The van der Waals surface area contributed by atoms with E-state index in [0.717, 1.165) is 47.3 Å². The molecule has 10 heteroatoms. The van der Waals surface area contributed by atoms with Crippen LogP contribution in [0, 0.1) is 13.8 Å². The molecule has 9 nitrogen and oxygen atoms in total. The molecule has 4 amide bonds. The molecule has 0 aromatic carbocycles. The molecule has 0 bridgehead atoms. The standard InChI is InChI=1S/C25H34N6O3S/c1-14(2)31-23(33)25(28-24(31)34)8-5-9-30(13-25)17-6-10-29(11-7-17)22(32)19-18-15(3)12-16(4)27-21(18)35-20(19)26/h12,14,17H,5-11,13,26H2,1-4H3,(H,28,34). The van der Waals surface area contributed by atoms with Gasteiger partial charge in [-0.2, -0.15) is 0 Å². The molecule has 3 aliphatic heterocycles. The number of thiophene rings is 1. The third-order valence-electron chi connectivity index (χ3n) is 7.73. The quantitative estimate of drug-likeness (QED) is 0.630. The van der Waals surface area contributed by atoms with E-state index < -0.39 is 5.54 Å². The molecule has 2 aromatic heterocycles. The van der Waals surface area contributed by atoms with Gasteiger partial charge in [0.15, 0.2) is 0 Å². The number of anilines is 1. The summed E-state index contributed by atoms with van der Waals surface area (Å²) in [6.45, 7) is 10.4. The minimum atomic E-state index is -0.820. The summed E-state index contributed by atoms with van der Waals surface area (Å²) in [6, 6.07) is 1.83. The smallest absolute Gasteiger partial charge is 0.325 e. The SMILES string of the molecule is Cc1cc(C)c2c(C(=O)N3CCC(N4CCCC5(C4)NC(=O)N(C(C)C)C5=O)CC3)c(N)sc2n1. The van der Waals surface area contributed by atoms with Crippen molar-refractivity contribution in [3.8, 4) is 0 Å². The molecular formula is C25H34N6O3S. The zero-order valence-electron chi connectivity index (χ0n) is 20.9. The van der Waals surface area contributed by atoms with Gasteiger partial charge in [-0.3, -0.25) is 19.4 Å². The highest BCUT2D eigenvalue weighted by atomic mass is 32.1. The summed E-state index contributed by atoms with van der Waals surface area (Å²) in [7, 11) is 0. The predicted molar refractivity (Wildman–Crippen MR) is 136 cm³/mol. The lowest BCUT2D eigenvalue weighted by molar-refractivity contribution is -0.134. The number of aryl methyl sites for hydroxylation is 2. The van der Waals surface area contributed by atoms with Crippen molar-refractivity contribution in [1.82, 2.24) is 25.0 Å². The molecular weight excluding hydrogens is 464 g/mol. The molecule has 3 aliphatic rings. The Kier molecular flexibility index (Phi) is 5.99. The number of hydrogen-bond acceptors (Lipinski definition) is 7. The zero-order chi connectivity index (χ0) is 25.1. The lowest BCUT2D eigenvalue weighted by atomic mass is 9.86. The number of carbonyl (C=O) groups is 3. The second kappa shape index (κ2) is 8.74. The van der Waals surface area contributed by atoms with Crippen LogP contribution in [-0.2, 0) is 4.79 Å². The van der Waals surface area contributed by atoms with Crippen LogP contribution in [0.1, 0.15) is 61.1 Å². The Morgan fingerprint density at radius 1 is 1.23 bits per heavy atom. The van der Waals surface area contributed by atoms with Crippen molar-refractivity contribution in [2.24, 2.45) is 0 Å². The Labute approximate surface area is 209 Å². The molecule has 2 aromatic rings. The van der Waals surface area contributed by atoms with Gasteiger partial charge in [-0.05, 0) is 71.6 Å². The fourth-order valence-corrected chi connectivity index (χ4v) is 7.11. The van der Waals surface area contributed by atoms with E-state index in [2.05, 4.69) is 15.2 Å². The Bertz CT molecular complexity index is 1200. The fourth-order valence-electron chi connectivity index (χ4n) is 6.05. The first-order chi connectivity index (χ1) is 16.6. The van der Waals surface area contributed by atoms with E-state index in [0.29, 0.717) is 36.6 Å². The lowest BCUT2D eigenvalue weighted by Crippen LogP contribution is -2.61. The molecule has 1 unspecified atom stereocenters. The zero-order valence-corrected chi connectivity index (χ0v) is 21.7. The molecule has 3 saturated heterocycles. The molecule has 0 radical (unpaired) electrons. The van der Waals surface area contributed by atoms with Crippen molar-refractivity contribution in [1.29, 1.82) is 0 Å². The average molecular weight is 499 g/mol. The van der Waals surface area contributed by atoms with Crippen LogP contribution < -0.4 is 11.1 Å². The van der Waals surface area contributed by atoms with Gasteiger partial charge in [0.1, 0.15) is 15.4 Å². The average Bonchev–Trinajstić information content (AvgIpc) is 3.25. The van der Waals surface area contributed by atoms with Gasteiger partial charge in [0.05, 0.1) is 5.56 Å². The highest BCUT2D eigenvalue weighted by molar-refractivity contribution is 7.22. The van der Waals surface area contributed by atoms with Gasteiger partial charge in [0, 0.05) is 42.8 Å². The van der Waals surface area contributed by atoms with Crippen molar-refractivity contribution in [2.45, 2.75) is 71.0 Å². The molecule has 0 saturated carbocycles. The third kappa shape index (κ3) is 3.96. The summed E-state index contributed by atoms with van der Waals surface area (Å²) in [5.41, 5.74) is 8.01. The van der Waals surface area contributed by atoms with E-state index in [1.54, 1.807) is 0 Å². The molecule has 0 aliphatic carbocycles. The fraction of sp³-hybridized carbons (Fsp3) is 0.600. The maximum atomic E-state index is 13.5. The van der Waals surface area contributed by atoms with Gasteiger partial charge < -0.3 is 16.0 Å². The first kappa shape index (κ1) is 24.0. The molecule has 3 fully saturated rings. The minimum Gasteiger partial charge on any atom is -0.390 e. The highest BCUT2D eigenvalue weighted by Gasteiger charge is 2.54. The van der Waals surface area contributed by atoms with Crippen LogP contribution in [0.5, 0.6) is 0 Å². The van der Waals surface area contributed by atoms with E-state index in [4.69, 9.17) is 5.73 Å². The van der Waals surface area contributed by atoms with Crippen LogP contribution >= 0.6 is 11.3 Å². The normalized spacial score (nSPS) is 24.3. The van der Waals surface area contributed by atoms with Crippen LogP contribution in [0.15, 0.2) is 6.07 Å². The number of aromatic nitrogens is 1. The topological polar surface area (TPSA) is 112 Å². The van der Waals surface area contributed by atoms with E-state index in [9.17, 15) is 14.4 Å². The number of carbonyl (C=O) groups excluding carboxylic acids is 3. The number of nitrogens with zero attached hydrogens (tertiary/aromatic N) is 4. The van der Waals surface area contributed by atoms with Crippen molar-refractivity contribution < 1.29 is 14.4 Å². The van der Waals surface area contributed by atoms with E-state index in [1.165, 1.54) is 16.2 Å². The van der Waals surface area contributed by atoms with Gasteiger partial charge in [-0.25, -0.2) is 9.78 Å². The first-order valence-electron chi connectivity index (χ1n) is 12.5. The van der Waals surface area contributed by atoms with Gasteiger partial charge in [-0.1, -0.05) is 11.3 Å². The molecule has 1 spiro atoms. The Morgan fingerprint density at radius 3 is 2.60 bits per heavy atom. The number of urea groups is 1. The van der Waals surface area contributed by atoms with Crippen molar-refractivity contribution >= 4 is 44.4 Å². The summed E-state index contributed by atoms with van der Waals surface area (Å²) in [5, 5.41) is 4.40. The monoisotopic (exact) mass is 498 g/mol. The number of imide groups is 1. The number of nitrogen functional groups attached to an aromatic ring is 1.